The van der Waals surface area contributed by atoms with E-state index in [2.05, 4.69) is 10.2 Å². The van der Waals surface area contributed by atoms with Gasteiger partial charge in [-0.2, -0.15) is 0 Å². The molecule has 25 heavy (non-hydrogen) atoms. The summed E-state index contributed by atoms with van der Waals surface area (Å²) in [6.45, 7) is 6.48. The summed E-state index contributed by atoms with van der Waals surface area (Å²) in [6, 6.07) is 0. The molecule has 1 amide bonds. The van der Waals surface area contributed by atoms with E-state index in [1.165, 1.54) is 11.3 Å². The average Bonchev–Trinajstić information content (AvgIpc) is 2.93. The van der Waals surface area contributed by atoms with Gasteiger partial charge < -0.3 is 14.8 Å². The Labute approximate surface area is 150 Å². The molecule has 1 fully saturated rings. The third-order valence-electron chi connectivity index (χ3n) is 4.47. The zero-order valence-electron chi connectivity index (χ0n) is 14.4. The van der Waals surface area contributed by atoms with Crippen LogP contribution in [0.25, 0.3) is 0 Å². The number of hydrogen-bond acceptors (Lipinski definition) is 7. The summed E-state index contributed by atoms with van der Waals surface area (Å²) in [5.41, 5.74) is 1.39. The lowest BCUT2D eigenvalue weighted by molar-refractivity contribution is -0.152. The summed E-state index contributed by atoms with van der Waals surface area (Å²) in [4.78, 5) is 39.6. The first-order valence-electron chi connectivity index (χ1n) is 8.58. The van der Waals surface area contributed by atoms with E-state index in [9.17, 15) is 14.4 Å². The number of hydrogen-bond donors (Lipinski definition) is 1. The molecule has 2 aliphatic heterocycles. The van der Waals surface area contributed by atoms with Gasteiger partial charge in [-0.15, -0.1) is 11.3 Å². The molecule has 1 aromatic rings. The molecule has 2 bridgehead atoms. The zero-order chi connectivity index (χ0) is 18.0. The number of rotatable bonds is 4. The Morgan fingerprint density at radius 2 is 2.00 bits per heavy atom. The minimum Gasteiger partial charge on any atom is -0.462 e. The zero-order valence-corrected chi connectivity index (χ0v) is 15.2. The molecular weight excluding hydrogens is 344 g/mol. The predicted molar refractivity (Wildman–Crippen MR) is 92.8 cm³/mol. The van der Waals surface area contributed by atoms with Crippen LogP contribution < -0.4 is 5.32 Å². The predicted octanol–water partition coefficient (Wildman–Crippen LogP) is 2.12. The number of fused-ring (bicyclic) bond motifs is 4. The maximum atomic E-state index is 12.5. The third kappa shape index (κ3) is 3.55. The van der Waals surface area contributed by atoms with Crippen molar-refractivity contribution in [3.63, 3.8) is 0 Å². The molecule has 2 atom stereocenters. The van der Waals surface area contributed by atoms with Crippen molar-refractivity contribution in [2.45, 2.75) is 39.2 Å². The first-order valence-corrected chi connectivity index (χ1v) is 9.39. The lowest BCUT2D eigenvalue weighted by Gasteiger charge is -2.37. The van der Waals surface area contributed by atoms with Crippen LogP contribution in [-0.2, 0) is 25.6 Å². The fourth-order valence-electron chi connectivity index (χ4n) is 3.52. The second kappa shape index (κ2) is 7.53. The number of esters is 2. The topological polar surface area (TPSA) is 84.9 Å². The van der Waals surface area contributed by atoms with Gasteiger partial charge >= 0.3 is 17.8 Å². The van der Waals surface area contributed by atoms with Crippen molar-refractivity contribution >= 4 is 34.2 Å². The van der Waals surface area contributed by atoms with Crippen LogP contribution in [0.2, 0.25) is 0 Å². The third-order valence-corrected chi connectivity index (χ3v) is 5.58. The van der Waals surface area contributed by atoms with Crippen molar-refractivity contribution in [1.29, 1.82) is 0 Å². The quantitative estimate of drug-likeness (QED) is 0.649. The Bertz CT molecular complexity index is 699. The molecule has 1 aromatic heterocycles. The van der Waals surface area contributed by atoms with Gasteiger partial charge in [0, 0.05) is 18.0 Å². The Hall–Kier alpha value is -1.93. The van der Waals surface area contributed by atoms with E-state index in [0.29, 0.717) is 10.6 Å². The SMILES string of the molecule is CCOC(=O)C(=O)Nc1sc2c(c1C(=O)OCC)C1CCCN(C2)C1. The Morgan fingerprint density at radius 1 is 1.24 bits per heavy atom. The van der Waals surface area contributed by atoms with Gasteiger partial charge in [0.25, 0.3) is 0 Å². The van der Waals surface area contributed by atoms with E-state index in [1.807, 2.05) is 0 Å². The lowest BCUT2D eigenvalue weighted by Crippen LogP contribution is -2.38. The molecule has 2 aliphatic rings. The highest BCUT2D eigenvalue weighted by atomic mass is 32.1. The van der Waals surface area contributed by atoms with Crippen LogP contribution in [0.15, 0.2) is 0 Å². The minimum atomic E-state index is -0.953. The van der Waals surface area contributed by atoms with E-state index in [-0.39, 0.29) is 19.1 Å². The van der Waals surface area contributed by atoms with Crippen LogP contribution >= 0.6 is 11.3 Å². The van der Waals surface area contributed by atoms with Gasteiger partial charge in [0.1, 0.15) is 5.00 Å². The molecule has 0 spiro atoms. The fraction of sp³-hybridized carbons (Fsp3) is 0.588. The van der Waals surface area contributed by atoms with Gasteiger partial charge in [0.15, 0.2) is 0 Å². The van der Waals surface area contributed by atoms with E-state index in [0.717, 1.165) is 42.9 Å². The van der Waals surface area contributed by atoms with Crippen molar-refractivity contribution in [2.24, 2.45) is 0 Å². The normalized spacial score (nSPS) is 21.2. The summed E-state index contributed by atoms with van der Waals surface area (Å²) >= 11 is 1.35. The molecule has 1 N–H and O–H groups in total. The number of nitrogens with one attached hydrogen (secondary N) is 1. The number of carbonyl (C=O) groups is 3. The van der Waals surface area contributed by atoms with Crippen molar-refractivity contribution < 1.29 is 23.9 Å². The molecule has 0 radical (unpaired) electrons. The number of thiophene rings is 1. The van der Waals surface area contributed by atoms with E-state index >= 15 is 0 Å². The maximum absolute atomic E-state index is 12.5. The lowest BCUT2D eigenvalue weighted by atomic mass is 9.85. The number of carbonyl (C=O) groups excluding carboxylic acids is 3. The largest absolute Gasteiger partial charge is 0.462 e. The van der Waals surface area contributed by atoms with Gasteiger partial charge in [0.2, 0.25) is 0 Å². The minimum absolute atomic E-state index is 0.120. The summed E-state index contributed by atoms with van der Waals surface area (Å²) < 4.78 is 9.93. The summed E-state index contributed by atoms with van der Waals surface area (Å²) in [7, 11) is 0. The van der Waals surface area contributed by atoms with Gasteiger partial charge in [0.05, 0.1) is 18.8 Å². The van der Waals surface area contributed by atoms with Crippen LogP contribution in [0.5, 0.6) is 0 Å². The second-order valence-corrected chi connectivity index (χ2v) is 7.22. The van der Waals surface area contributed by atoms with Crippen LogP contribution in [0.1, 0.15) is 53.4 Å². The Kier molecular flexibility index (Phi) is 5.39. The molecular formula is C17H22N2O5S. The first kappa shape index (κ1) is 17.9. The average molecular weight is 366 g/mol. The Morgan fingerprint density at radius 3 is 2.72 bits per heavy atom. The standard InChI is InChI=1S/C17H22N2O5S/c1-3-23-16(21)13-12-10-6-5-7-19(8-10)9-11(12)25-15(13)18-14(20)17(22)24-4-2/h10H,3-9H2,1-2H3,(H,18,20). The summed E-state index contributed by atoms with van der Waals surface area (Å²) in [6.07, 6.45) is 2.10. The van der Waals surface area contributed by atoms with Crippen LogP contribution in [0.3, 0.4) is 0 Å². The van der Waals surface area contributed by atoms with Gasteiger partial charge in [-0.25, -0.2) is 9.59 Å². The van der Waals surface area contributed by atoms with Crippen molar-refractivity contribution in [3.8, 4) is 0 Å². The Balaban J connectivity index is 1.96. The number of nitrogens with zero attached hydrogens (tertiary/aromatic N) is 1. The molecule has 0 saturated carbocycles. The highest BCUT2D eigenvalue weighted by molar-refractivity contribution is 7.17. The molecule has 3 rings (SSSR count). The number of anilines is 1. The second-order valence-electron chi connectivity index (χ2n) is 6.11. The molecule has 1 saturated heterocycles. The molecule has 3 heterocycles. The highest BCUT2D eigenvalue weighted by Crippen LogP contribution is 2.45. The van der Waals surface area contributed by atoms with Crippen LogP contribution in [-0.4, -0.2) is 49.0 Å². The van der Waals surface area contributed by atoms with Crippen molar-refractivity contribution in [3.05, 3.63) is 16.0 Å². The molecule has 8 heteroatoms. The monoisotopic (exact) mass is 366 g/mol. The summed E-state index contributed by atoms with van der Waals surface area (Å²) in [5.74, 6) is -2.00. The van der Waals surface area contributed by atoms with Crippen molar-refractivity contribution in [1.82, 2.24) is 4.90 Å². The van der Waals surface area contributed by atoms with E-state index in [1.54, 1.807) is 13.8 Å². The molecule has 7 nitrogen and oxygen atoms in total. The highest BCUT2D eigenvalue weighted by Gasteiger charge is 2.37. The number of ether oxygens (including phenoxy) is 2. The number of amides is 1. The first-order chi connectivity index (χ1) is 12.0. The molecule has 2 unspecified atom stereocenters. The van der Waals surface area contributed by atoms with Crippen LogP contribution in [0, 0.1) is 0 Å². The number of piperidine rings is 1. The molecule has 0 aromatic carbocycles. The van der Waals surface area contributed by atoms with Gasteiger partial charge in [-0.1, -0.05) is 0 Å². The van der Waals surface area contributed by atoms with Crippen molar-refractivity contribution in [2.75, 3.05) is 31.6 Å². The van der Waals surface area contributed by atoms with Gasteiger partial charge in [-0.05, 0) is 44.7 Å². The smallest absolute Gasteiger partial charge is 0.397 e. The van der Waals surface area contributed by atoms with Crippen LogP contribution in [0.4, 0.5) is 5.00 Å². The summed E-state index contributed by atoms with van der Waals surface area (Å²) in [5, 5.41) is 2.94. The maximum Gasteiger partial charge on any atom is 0.397 e. The fourth-order valence-corrected chi connectivity index (χ4v) is 4.83. The van der Waals surface area contributed by atoms with E-state index in [4.69, 9.17) is 9.47 Å². The molecule has 0 aliphatic carbocycles. The molecule has 136 valence electrons. The van der Waals surface area contributed by atoms with Gasteiger partial charge in [-0.3, -0.25) is 9.69 Å². The van der Waals surface area contributed by atoms with E-state index < -0.39 is 17.8 Å².